The molecule has 1 aromatic heterocycles. The maximum atomic E-state index is 13.9. The Morgan fingerprint density at radius 3 is 2.74 bits per heavy atom. The molecule has 0 aliphatic carbocycles. The fourth-order valence-corrected chi connectivity index (χ4v) is 3.86. The highest BCUT2D eigenvalue weighted by Gasteiger charge is 2.22. The topological polar surface area (TPSA) is 39.5 Å². The first-order valence-corrected chi connectivity index (χ1v) is 10.0. The van der Waals surface area contributed by atoms with Crippen LogP contribution in [0.3, 0.4) is 0 Å². The zero-order chi connectivity index (χ0) is 18.5. The largest absolute Gasteiger partial charge is 0.376 e. The maximum absolute atomic E-state index is 13.9. The minimum Gasteiger partial charge on any atom is -0.376 e. The summed E-state index contributed by atoms with van der Waals surface area (Å²) in [7, 11) is 0. The van der Waals surface area contributed by atoms with E-state index in [-0.39, 0.29) is 5.82 Å². The summed E-state index contributed by atoms with van der Waals surface area (Å²) < 4.78 is 27.3. The molecule has 0 saturated carbocycles. The third-order valence-corrected chi connectivity index (χ3v) is 5.46. The number of piperidine rings is 1. The van der Waals surface area contributed by atoms with Gasteiger partial charge in [0.1, 0.15) is 11.5 Å². The monoisotopic (exact) mass is 373 g/mol. The molecule has 0 N–H and O–H groups in total. The third-order valence-electron chi connectivity index (χ3n) is 5.46. The number of nitrogens with zero attached hydrogens (tertiary/aromatic N) is 3. The summed E-state index contributed by atoms with van der Waals surface area (Å²) in [5.74, 6) is -0.257. The molecule has 5 nitrogen and oxygen atoms in total. The molecule has 0 bridgehead atoms. The summed E-state index contributed by atoms with van der Waals surface area (Å²) in [6, 6.07) is 8.68. The van der Waals surface area contributed by atoms with Crippen LogP contribution in [0, 0.1) is 5.82 Å². The number of benzene rings is 1. The van der Waals surface area contributed by atoms with Crippen LogP contribution in [-0.2, 0) is 16.0 Å². The predicted octanol–water partition coefficient (Wildman–Crippen LogP) is 3.56. The van der Waals surface area contributed by atoms with Crippen LogP contribution in [0.5, 0.6) is 0 Å². The Kier molecular flexibility index (Phi) is 6.17. The van der Waals surface area contributed by atoms with E-state index in [1.165, 1.54) is 18.9 Å². The van der Waals surface area contributed by atoms with Crippen molar-refractivity contribution in [2.75, 3.05) is 26.3 Å². The molecule has 2 aliphatic rings. The van der Waals surface area contributed by atoms with Gasteiger partial charge in [-0.1, -0.05) is 12.1 Å². The minimum atomic E-state index is -0.257. The van der Waals surface area contributed by atoms with E-state index in [2.05, 4.69) is 10.00 Å². The van der Waals surface area contributed by atoms with Gasteiger partial charge < -0.3 is 9.47 Å². The van der Waals surface area contributed by atoms with Gasteiger partial charge in [-0.2, -0.15) is 5.10 Å². The number of halogens is 1. The van der Waals surface area contributed by atoms with Gasteiger partial charge in [0, 0.05) is 32.4 Å². The second-order valence-corrected chi connectivity index (χ2v) is 7.50. The highest BCUT2D eigenvalue weighted by molar-refractivity contribution is 5.32. The Hall–Kier alpha value is -1.76. The van der Waals surface area contributed by atoms with Crippen molar-refractivity contribution in [2.45, 2.75) is 50.9 Å². The Labute approximate surface area is 160 Å². The fraction of sp³-hybridized carbons (Fsp3) is 0.571. The molecular weight excluding hydrogens is 345 g/mol. The lowest BCUT2D eigenvalue weighted by Gasteiger charge is -2.32. The van der Waals surface area contributed by atoms with Crippen LogP contribution in [0.1, 0.15) is 37.8 Å². The Balaban J connectivity index is 1.23. The SMILES string of the molecule is Fc1ccccc1-n1ccc(CN2CCC(OCC3CCCCO3)CC2)n1. The van der Waals surface area contributed by atoms with Gasteiger partial charge >= 0.3 is 0 Å². The number of aromatic nitrogens is 2. The van der Waals surface area contributed by atoms with Crippen molar-refractivity contribution < 1.29 is 13.9 Å². The Morgan fingerprint density at radius 1 is 1.11 bits per heavy atom. The zero-order valence-electron chi connectivity index (χ0n) is 15.7. The van der Waals surface area contributed by atoms with Gasteiger partial charge in [0.2, 0.25) is 0 Å². The number of likely N-dealkylation sites (tertiary alicyclic amines) is 1. The standard InChI is InChI=1S/C21H28FN3O2/c22-20-6-1-2-7-21(20)25-13-8-17(23-25)15-24-11-9-18(10-12-24)27-16-19-5-3-4-14-26-19/h1-2,6-8,13,18-19H,3-5,9-12,14-16H2. The molecule has 1 aromatic carbocycles. The molecule has 0 amide bonds. The van der Waals surface area contributed by atoms with Crippen LogP contribution < -0.4 is 0 Å². The van der Waals surface area contributed by atoms with Crippen molar-refractivity contribution in [3.63, 3.8) is 0 Å². The number of rotatable bonds is 6. The molecule has 27 heavy (non-hydrogen) atoms. The van der Waals surface area contributed by atoms with Crippen molar-refractivity contribution in [2.24, 2.45) is 0 Å². The predicted molar refractivity (Wildman–Crippen MR) is 101 cm³/mol. The van der Waals surface area contributed by atoms with E-state index >= 15 is 0 Å². The van der Waals surface area contributed by atoms with Crippen molar-refractivity contribution in [1.82, 2.24) is 14.7 Å². The number of ether oxygens (including phenoxy) is 2. The van der Waals surface area contributed by atoms with Gasteiger partial charge in [-0.3, -0.25) is 4.90 Å². The van der Waals surface area contributed by atoms with E-state index in [9.17, 15) is 4.39 Å². The van der Waals surface area contributed by atoms with E-state index in [4.69, 9.17) is 9.47 Å². The molecule has 146 valence electrons. The molecule has 6 heteroatoms. The van der Waals surface area contributed by atoms with Crippen molar-refractivity contribution in [3.8, 4) is 5.69 Å². The molecule has 2 saturated heterocycles. The van der Waals surface area contributed by atoms with Crippen molar-refractivity contribution in [1.29, 1.82) is 0 Å². The molecule has 3 heterocycles. The van der Waals surface area contributed by atoms with Crippen LogP contribution in [0.2, 0.25) is 0 Å². The average molecular weight is 373 g/mol. The van der Waals surface area contributed by atoms with Crippen LogP contribution in [0.4, 0.5) is 4.39 Å². The van der Waals surface area contributed by atoms with E-state index in [1.54, 1.807) is 16.8 Å². The molecule has 1 atom stereocenters. The molecule has 0 spiro atoms. The number of hydrogen-bond acceptors (Lipinski definition) is 4. The summed E-state index contributed by atoms with van der Waals surface area (Å²) in [6.45, 7) is 4.41. The first-order chi connectivity index (χ1) is 13.3. The highest BCUT2D eigenvalue weighted by Crippen LogP contribution is 2.19. The lowest BCUT2D eigenvalue weighted by atomic mass is 10.1. The van der Waals surface area contributed by atoms with Crippen LogP contribution in [0.25, 0.3) is 5.69 Å². The lowest BCUT2D eigenvalue weighted by Crippen LogP contribution is -2.38. The zero-order valence-corrected chi connectivity index (χ0v) is 15.7. The van der Waals surface area contributed by atoms with E-state index in [1.807, 2.05) is 18.3 Å². The van der Waals surface area contributed by atoms with Gasteiger partial charge in [-0.05, 0) is 50.3 Å². The average Bonchev–Trinajstić information content (AvgIpc) is 3.17. The van der Waals surface area contributed by atoms with E-state index in [0.717, 1.165) is 57.8 Å². The molecule has 2 aliphatic heterocycles. The highest BCUT2D eigenvalue weighted by atomic mass is 19.1. The van der Waals surface area contributed by atoms with Gasteiger partial charge in [-0.15, -0.1) is 0 Å². The fourth-order valence-electron chi connectivity index (χ4n) is 3.86. The number of hydrogen-bond donors (Lipinski definition) is 0. The van der Waals surface area contributed by atoms with Crippen molar-refractivity contribution in [3.05, 3.63) is 48.0 Å². The van der Waals surface area contributed by atoms with Gasteiger partial charge in [0.05, 0.1) is 24.5 Å². The molecule has 4 rings (SSSR count). The molecule has 2 aromatic rings. The Morgan fingerprint density at radius 2 is 1.96 bits per heavy atom. The smallest absolute Gasteiger partial charge is 0.148 e. The molecule has 0 radical (unpaired) electrons. The van der Waals surface area contributed by atoms with Gasteiger partial charge in [0.15, 0.2) is 0 Å². The van der Waals surface area contributed by atoms with Crippen LogP contribution in [0.15, 0.2) is 36.5 Å². The van der Waals surface area contributed by atoms with Crippen LogP contribution >= 0.6 is 0 Å². The quantitative estimate of drug-likeness (QED) is 0.776. The van der Waals surface area contributed by atoms with Crippen LogP contribution in [-0.4, -0.2) is 53.2 Å². The second kappa shape index (κ2) is 8.95. The normalized spacial score (nSPS) is 22.2. The third kappa shape index (κ3) is 4.94. The lowest BCUT2D eigenvalue weighted by molar-refractivity contribution is -0.0754. The molecule has 1 unspecified atom stereocenters. The van der Waals surface area contributed by atoms with E-state index in [0.29, 0.717) is 17.9 Å². The van der Waals surface area contributed by atoms with E-state index < -0.39 is 0 Å². The second-order valence-electron chi connectivity index (χ2n) is 7.50. The summed E-state index contributed by atoms with van der Waals surface area (Å²) >= 11 is 0. The first-order valence-electron chi connectivity index (χ1n) is 10.0. The summed E-state index contributed by atoms with van der Waals surface area (Å²) in [5, 5.41) is 4.54. The first kappa shape index (κ1) is 18.6. The molecular formula is C21H28FN3O2. The number of para-hydroxylation sites is 1. The van der Waals surface area contributed by atoms with Crippen molar-refractivity contribution >= 4 is 0 Å². The maximum Gasteiger partial charge on any atom is 0.148 e. The van der Waals surface area contributed by atoms with Gasteiger partial charge in [-0.25, -0.2) is 9.07 Å². The molecule has 2 fully saturated rings. The summed E-state index contributed by atoms with van der Waals surface area (Å²) in [6.07, 6.45) is 8.11. The minimum absolute atomic E-state index is 0.257. The Bertz CT molecular complexity index is 722. The van der Waals surface area contributed by atoms with Gasteiger partial charge in [0.25, 0.3) is 0 Å². The summed E-state index contributed by atoms with van der Waals surface area (Å²) in [5.41, 5.74) is 1.45. The summed E-state index contributed by atoms with van der Waals surface area (Å²) in [4.78, 5) is 2.39.